The highest BCUT2D eigenvalue weighted by Gasteiger charge is 2.13. The van der Waals surface area contributed by atoms with E-state index < -0.39 is 5.56 Å². The zero-order chi connectivity index (χ0) is 20.1. The fraction of sp³-hybridized carbons (Fsp3) is 0.0909. The van der Waals surface area contributed by atoms with Gasteiger partial charge in [0.1, 0.15) is 5.69 Å². The van der Waals surface area contributed by atoms with Crippen molar-refractivity contribution >= 4 is 11.6 Å². The van der Waals surface area contributed by atoms with E-state index in [2.05, 4.69) is 15.3 Å². The van der Waals surface area contributed by atoms with E-state index in [0.29, 0.717) is 12.5 Å². The van der Waals surface area contributed by atoms with Crippen LogP contribution in [-0.4, -0.2) is 19.1 Å². The first-order valence-electron chi connectivity index (χ1n) is 9.17. The van der Waals surface area contributed by atoms with Crippen molar-refractivity contribution in [1.82, 2.24) is 19.1 Å². The van der Waals surface area contributed by atoms with Crippen molar-refractivity contribution in [2.24, 2.45) is 0 Å². The van der Waals surface area contributed by atoms with Gasteiger partial charge in [-0.25, -0.2) is 14.8 Å². The Morgan fingerprint density at radius 2 is 1.34 bits per heavy atom. The van der Waals surface area contributed by atoms with Gasteiger partial charge in [-0.15, -0.1) is 0 Å². The molecule has 4 aromatic rings. The Bertz CT molecular complexity index is 1130. The summed E-state index contributed by atoms with van der Waals surface area (Å²) in [7, 11) is 0. The van der Waals surface area contributed by atoms with Crippen molar-refractivity contribution in [3.63, 3.8) is 0 Å². The highest BCUT2D eigenvalue weighted by atomic mass is 16.2. The minimum absolute atomic E-state index is 0.179. The third-order valence-electron chi connectivity index (χ3n) is 4.43. The van der Waals surface area contributed by atoms with E-state index >= 15 is 0 Å². The van der Waals surface area contributed by atoms with Gasteiger partial charge < -0.3 is 5.32 Å². The molecule has 0 aliphatic rings. The molecular formula is C22H19N5O2. The summed E-state index contributed by atoms with van der Waals surface area (Å²) in [6.45, 7) is 0.525. The van der Waals surface area contributed by atoms with Gasteiger partial charge in [-0.2, -0.15) is 0 Å². The fourth-order valence-electron chi connectivity index (χ4n) is 3.02. The molecule has 7 nitrogen and oxygen atoms in total. The Morgan fingerprint density at radius 3 is 1.97 bits per heavy atom. The van der Waals surface area contributed by atoms with Crippen LogP contribution in [0.25, 0.3) is 0 Å². The molecule has 0 amide bonds. The molecule has 0 radical (unpaired) electrons. The standard InChI is InChI=1S/C22H19N5O2/c28-20-19(25-21-23-12-7-13-24-21)16-26(14-17-8-3-1-4-9-17)22(29)27(20)15-18-10-5-2-6-11-18/h1-13,16H,14-15H2,(H,23,24,25). The van der Waals surface area contributed by atoms with Gasteiger partial charge in [0, 0.05) is 18.6 Å². The number of hydrogen-bond acceptors (Lipinski definition) is 5. The van der Waals surface area contributed by atoms with Gasteiger partial charge in [-0.05, 0) is 17.2 Å². The summed E-state index contributed by atoms with van der Waals surface area (Å²) in [4.78, 5) is 34.3. The van der Waals surface area contributed by atoms with Crippen LogP contribution in [0.4, 0.5) is 11.6 Å². The predicted octanol–water partition coefficient (Wildman–Crippen LogP) is 2.64. The maximum absolute atomic E-state index is 13.1. The topological polar surface area (TPSA) is 81.8 Å². The second-order valence-electron chi connectivity index (χ2n) is 6.51. The lowest BCUT2D eigenvalue weighted by Gasteiger charge is -2.14. The van der Waals surface area contributed by atoms with E-state index in [1.54, 1.807) is 18.5 Å². The fourth-order valence-corrected chi connectivity index (χ4v) is 3.02. The Labute approximate surface area is 167 Å². The van der Waals surface area contributed by atoms with Crippen LogP contribution >= 0.6 is 0 Å². The van der Waals surface area contributed by atoms with E-state index in [-0.39, 0.29) is 17.9 Å². The Kier molecular flexibility index (Phi) is 5.29. The molecule has 0 atom stereocenters. The van der Waals surface area contributed by atoms with Crippen molar-refractivity contribution in [1.29, 1.82) is 0 Å². The largest absolute Gasteiger partial charge is 0.331 e. The first-order chi connectivity index (χ1) is 14.2. The summed E-state index contributed by atoms with van der Waals surface area (Å²) in [6.07, 6.45) is 4.69. The van der Waals surface area contributed by atoms with Crippen molar-refractivity contribution in [3.05, 3.63) is 117 Å². The van der Waals surface area contributed by atoms with Gasteiger partial charge in [-0.3, -0.25) is 13.9 Å². The Morgan fingerprint density at radius 1 is 0.759 bits per heavy atom. The summed E-state index contributed by atoms with van der Waals surface area (Å²) in [6, 6.07) is 20.7. The third-order valence-corrected chi connectivity index (χ3v) is 4.43. The highest BCUT2D eigenvalue weighted by Crippen LogP contribution is 2.08. The van der Waals surface area contributed by atoms with Crippen LogP contribution in [0, 0.1) is 0 Å². The smallest absolute Gasteiger partial charge is 0.318 e. The van der Waals surface area contributed by atoms with Crippen molar-refractivity contribution in [3.8, 4) is 0 Å². The van der Waals surface area contributed by atoms with Crippen LogP contribution in [0.1, 0.15) is 11.1 Å². The molecule has 2 aromatic carbocycles. The van der Waals surface area contributed by atoms with Crippen molar-refractivity contribution < 1.29 is 0 Å². The predicted molar refractivity (Wildman–Crippen MR) is 111 cm³/mol. The number of nitrogens with zero attached hydrogens (tertiary/aromatic N) is 4. The van der Waals surface area contributed by atoms with Crippen LogP contribution < -0.4 is 16.6 Å². The highest BCUT2D eigenvalue weighted by molar-refractivity contribution is 5.50. The molecule has 2 aromatic heterocycles. The lowest BCUT2D eigenvalue weighted by molar-refractivity contribution is 0.615. The van der Waals surface area contributed by atoms with E-state index in [1.165, 1.54) is 15.3 Å². The summed E-state index contributed by atoms with van der Waals surface area (Å²) in [5.74, 6) is 0.292. The number of anilines is 2. The molecule has 29 heavy (non-hydrogen) atoms. The molecule has 0 saturated carbocycles. The molecule has 0 fully saturated rings. The minimum atomic E-state index is -0.421. The lowest BCUT2D eigenvalue weighted by Crippen LogP contribution is -2.41. The van der Waals surface area contributed by atoms with E-state index in [1.807, 2.05) is 60.7 Å². The van der Waals surface area contributed by atoms with E-state index in [4.69, 9.17) is 0 Å². The molecule has 144 valence electrons. The minimum Gasteiger partial charge on any atom is -0.318 e. The Balaban J connectivity index is 1.79. The zero-order valence-corrected chi connectivity index (χ0v) is 15.6. The van der Waals surface area contributed by atoms with Gasteiger partial charge in [0.05, 0.1) is 13.1 Å². The second kappa shape index (κ2) is 8.35. The van der Waals surface area contributed by atoms with Crippen LogP contribution in [-0.2, 0) is 13.1 Å². The molecule has 4 rings (SSSR count). The first kappa shape index (κ1) is 18.4. The molecule has 0 bridgehead atoms. The average Bonchev–Trinajstić information content (AvgIpc) is 2.77. The maximum atomic E-state index is 13.1. The summed E-state index contributed by atoms with van der Waals surface area (Å²) >= 11 is 0. The first-order valence-corrected chi connectivity index (χ1v) is 9.17. The molecule has 0 unspecified atom stereocenters. The number of rotatable bonds is 6. The van der Waals surface area contributed by atoms with E-state index in [9.17, 15) is 9.59 Å². The molecule has 0 spiro atoms. The van der Waals surface area contributed by atoms with Gasteiger partial charge in [0.2, 0.25) is 5.95 Å². The monoisotopic (exact) mass is 385 g/mol. The maximum Gasteiger partial charge on any atom is 0.331 e. The zero-order valence-electron chi connectivity index (χ0n) is 15.6. The van der Waals surface area contributed by atoms with E-state index in [0.717, 1.165) is 11.1 Å². The molecule has 0 saturated heterocycles. The molecule has 1 N–H and O–H groups in total. The van der Waals surface area contributed by atoms with Crippen LogP contribution in [0.15, 0.2) is 94.9 Å². The number of hydrogen-bond donors (Lipinski definition) is 1. The number of nitrogens with one attached hydrogen (secondary N) is 1. The van der Waals surface area contributed by atoms with Crippen LogP contribution in [0.5, 0.6) is 0 Å². The van der Waals surface area contributed by atoms with Gasteiger partial charge in [-0.1, -0.05) is 60.7 Å². The third kappa shape index (κ3) is 4.30. The summed E-state index contributed by atoms with van der Waals surface area (Å²) < 4.78 is 2.74. The van der Waals surface area contributed by atoms with Gasteiger partial charge in [0.15, 0.2) is 0 Å². The number of aromatic nitrogens is 4. The summed E-state index contributed by atoms with van der Waals surface area (Å²) in [5.41, 5.74) is 1.27. The van der Waals surface area contributed by atoms with Gasteiger partial charge in [0.25, 0.3) is 5.56 Å². The quantitative estimate of drug-likeness (QED) is 0.552. The SMILES string of the molecule is O=c1c(Nc2ncccn2)cn(Cc2ccccc2)c(=O)n1Cc1ccccc1. The molecule has 0 aliphatic heterocycles. The van der Waals surface area contributed by atoms with Crippen LogP contribution in [0.2, 0.25) is 0 Å². The normalized spacial score (nSPS) is 10.6. The molecular weight excluding hydrogens is 366 g/mol. The molecule has 7 heteroatoms. The number of benzene rings is 2. The molecule has 2 heterocycles. The Hall–Kier alpha value is -4.00. The average molecular weight is 385 g/mol. The second-order valence-corrected chi connectivity index (χ2v) is 6.51. The summed E-state index contributed by atoms with van der Waals surface area (Å²) in [5, 5.41) is 2.94. The van der Waals surface area contributed by atoms with Crippen molar-refractivity contribution in [2.75, 3.05) is 5.32 Å². The molecule has 0 aliphatic carbocycles. The van der Waals surface area contributed by atoms with Gasteiger partial charge >= 0.3 is 5.69 Å². The van der Waals surface area contributed by atoms with Crippen molar-refractivity contribution in [2.45, 2.75) is 13.1 Å². The lowest BCUT2D eigenvalue weighted by atomic mass is 10.2. The van der Waals surface area contributed by atoms with Crippen LogP contribution in [0.3, 0.4) is 0 Å².